The Kier molecular flexibility index (Phi) is 7.17. The van der Waals surface area contributed by atoms with Crippen LogP contribution in [0.5, 0.6) is 0 Å². The van der Waals surface area contributed by atoms with Crippen LogP contribution in [0.15, 0.2) is 29.4 Å². The minimum Gasteiger partial charge on any atom is -0.409 e. The first-order valence-electron chi connectivity index (χ1n) is 7.05. The topological polar surface area (TPSA) is 87.7 Å². The molecule has 5 nitrogen and oxygen atoms in total. The third-order valence-electron chi connectivity index (χ3n) is 3.06. The SMILES string of the molecule is CCCCCCCC(=O)Nc1cccc(/C(N)=N/O)c1. The smallest absolute Gasteiger partial charge is 0.224 e. The van der Waals surface area contributed by atoms with Crippen molar-refractivity contribution in [3.8, 4) is 0 Å². The number of nitrogens with zero attached hydrogens (tertiary/aromatic N) is 1. The Morgan fingerprint density at radius 2 is 2.05 bits per heavy atom. The number of carbonyl (C=O) groups excluding carboxylic acids is 1. The summed E-state index contributed by atoms with van der Waals surface area (Å²) >= 11 is 0. The van der Waals surface area contributed by atoms with E-state index in [9.17, 15) is 4.79 Å². The van der Waals surface area contributed by atoms with Crippen molar-refractivity contribution in [2.75, 3.05) is 5.32 Å². The monoisotopic (exact) mass is 277 g/mol. The van der Waals surface area contributed by atoms with Crippen molar-refractivity contribution < 1.29 is 10.0 Å². The molecule has 20 heavy (non-hydrogen) atoms. The normalized spacial score (nSPS) is 11.3. The Hall–Kier alpha value is -2.04. The maximum Gasteiger partial charge on any atom is 0.224 e. The molecule has 110 valence electrons. The van der Waals surface area contributed by atoms with Gasteiger partial charge in [0.25, 0.3) is 0 Å². The van der Waals surface area contributed by atoms with Crippen LogP contribution in [0, 0.1) is 0 Å². The Morgan fingerprint density at radius 1 is 1.30 bits per heavy atom. The summed E-state index contributed by atoms with van der Waals surface area (Å²) in [5, 5.41) is 14.4. The average molecular weight is 277 g/mol. The molecule has 5 heteroatoms. The summed E-state index contributed by atoms with van der Waals surface area (Å²) in [6, 6.07) is 6.94. The highest BCUT2D eigenvalue weighted by Gasteiger charge is 2.04. The Balaban J connectivity index is 2.42. The van der Waals surface area contributed by atoms with E-state index in [4.69, 9.17) is 10.9 Å². The Morgan fingerprint density at radius 3 is 2.75 bits per heavy atom. The van der Waals surface area contributed by atoms with Crippen molar-refractivity contribution >= 4 is 17.4 Å². The molecule has 1 amide bonds. The van der Waals surface area contributed by atoms with Gasteiger partial charge in [-0.3, -0.25) is 4.79 Å². The summed E-state index contributed by atoms with van der Waals surface area (Å²) in [5.41, 5.74) is 6.74. The van der Waals surface area contributed by atoms with Crippen molar-refractivity contribution in [3.63, 3.8) is 0 Å². The predicted octanol–water partition coefficient (Wildman–Crippen LogP) is 3.08. The van der Waals surface area contributed by atoms with E-state index in [-0.39, 0.29) is 11.7 Å². The third kappa shape index (κ3) is 5.73. The molecule has 0 aliphatic rings. The van der Waals surface area contributed by atoms with Gasteiger partial charge in [-0.25, -0.2) is 0 Å². The molecule has 0 saturated carbocycles. The van der Waals surface area contributed by atoms with Crippen molar-refractivity contribution in [2.45, 2.75) is 45.4 Å². The van der Waals surface area contributed by atoms with Crippen LogP contribution in [-0.2, 0) is 4.79 Å². The van der Waals surface area contributed by atoms with Crippen LogP contribution in [0.1, 0.15) is 51.0 Å². The first-order chi connectivity index (χ1) is 9.67. The van der Waals surface area contributed by atoms with E-state index in [1.807, 2.05) is 0 Å². The number of unbranched alkanes of at least 4 members (excludes halogenated alkanes) is 4. The number of anilines is 1. The van der Waals surface area contributed by atoms with Crippen LogP contribution in [0.4, 0.5) is 5.69 Å². The van der Waals surface area contributed by atoms with E-state index in [0.717, 1.165) is 12.8 Å². The van der Waals surface area contributed by atoms with E-state index in [2.05, 4.69) is 17.4 Å². The predicted molar refractivity (Wildman–Crippen MR) is 81.0 cm³/mol. The van der Waals surface area contributed by atoms with Crippen molar-refractivity contribution in [3.05, 3.63) is 29.8 Å². The fraction of sp³-hybridized carbons (Fsp3) is 0.467. The number of rotatable bonds is 8. The van der Waals surface area contributed by atoms with Crippen molar-refractivity contribution in [2.24, 2.45) is 10.9 Å². The first kappa shape index (κ1) is 16.0. The molecule has 0 unspecified atom stereocenters. The second-order valence-corrected chi connectivity index (χ2v) is 4.78. The number of hydrogen-bond acceptors (Lipinski definition) is 3. The average Bonchev–Trinajstić information content (AvgIpc) is 2.46. The number of nitrogens with one attached hydrogen (secondary N) is 1. The fourth-order valence-corrected chi connectivity index (χ4v) is 1.93. The fourth-order valence-electron chi connectivity index (χ4n) is 1.93. The highest BCUT2D eigenvalue weighted by molar-refractivity contribution is 5.99. The lowest BCUT2D eigenvalue weighted by atomic mass is 10.1. The van der Waals surface area contributed by atoms with Crippen LogP contribution >= 0.6 is 0 Å². The largest absolute Gasteiger partial charge is 0.409 e. The third-order valence-corrected chi connectivity index (χ3v) is 3.06. The van der Waals surface area contributed by atoms with Gasteiger partial charge in [-0.2, -0.15) is 0 Å². The molecule has 0 aliphatic carbocycles. The minimum absolute atomic E-state index is 0.00171. The van der Waals surface area contributed by atoms with Gasteiger partial charge in [0.15, 0.2) is 5.84 Å². The van der Waals surface area contributed by atoms with Gasteiger partial charge in [-0.15, -0.1) is 0 Å². The zero-order valence-corrected chi connectivity index (χ0v) is 11.9. The van der Waals surface area contributed by atoms with Gasteiger partial charge >= 0.3 is 0 Å². The van der Waals surface area contributed by atoms with E-state index >= 15 is 0 Å². The number of nitrogens with two attached hydrogens (primary N) is 1. The molecule has 0 spiro atoms. The Labute approximate surface area is 119 Å². The number of amidine groups is 1. The van der Waals surface area contributed by atoms with Crippen LogP contribution in [-0.4, -0.2) is 17.0 Å². The summed E-state index contributed by atoms with van der Waals surface area (Å²) in [5.74, 6) is 0.0267. The number of benzene rings is 1. The minimum atomic E-state index is -0.00171. The van der Waals surface area contributed by atoms with Crippen LogP contribution in [0.3, 0.4) is 0 Å². The van der Waals surface area contributed by atoms with E-state index < -0.39 is 0 Å². The number of amides is 1. The van der Waals surface area contributed by atoms with Crippen molar-refractivity contribution in [1.29, 1.82) is 0 Å². The summed E-state index contributed by atoms with van der Waals surface area (Å²) in [6.45, 7) is 2.17. The van der Waals surface area contributed by atoms with E-state index in [1.165, 1.54) is 19.3 Å². The molecule has 0 atom stereocenters. The van der Waals surface area contributed by atoms with E-state index in [0.29, 0.717) is 17.7 Å². The Bertz CT molecular complexity index is 458. The number of oxime groups is 1. The second-order valence-electron chi connectivity index (χ2n) is 4.78. The quantitative estimate of drug-likeness (QED) is 0.224. The molecule has 4 N–H and O–H groups in total. The number of hydrogen-bond donors (Lipinski definition) is 3. The molecule has 0 radical (unpaired) electrons. The van der Waals surface area contributed by atoms with Gasteiger partial charge in [0.2, 0.25) is 5.91 Å². The van der Waals surface area contributed by atoms with Crippen LogP contribution in [0.2, 0.25) is 0 Å². The summed E-state index contributed by atoms with van der Waals surface area (Å²) < 4.78 is 0. The highest BCUT2D eigenvalue weighted by Crippen LogP contribution is 2.12. The maximum atomic E-state index is 11.8. The van der Waals surface area contributed by atoms with Gasteiger partial charge in [-0.05, 0) is 18.6 Å². The molecule has 0 fully saturated rings. The highest BCUT2D eigenvalue weighted by atomic mass is 16.4. The molecule has 1 rings (SSSR count). The standard InChI is InChI=1S/C15H23N3O2/c1-2-3-4-5-6-10-14(19)17-13-9-7-8-12(11-13)15(16)18-20/h7-9,11,20H,2-6,10H2,1H3,(H2,16,18)(H,17,19). The summed E-state index contributed by atoms with van der Waals surface area (Å²) in [4.78, 5) is 11.8. The summed E-state index contributed by atoms with van der Waals surface area (Å²) in [6.07, 6.45) is 6.13. The molecule has 0 aliphatic heterocycles. The lowest BCUT2D eigenvalue weighted by Crippen LogP contribution is -2.15. The molecule has 1 aromatic carbocycles. The molecular formula is C15H23N3O2. The maximum absolute atomic E-state index is 11.8. The first-order valence-corrected chi connectivity index (χ1v) is 7.05. The number of carbonyl (C=O) groups is 1. The molecule has 0 saturated heterocycles. The van der Waals surface area contributed by atoms with Gasteiger partial charge in [0.05, 0.1) is 0 Å². The zero-order chi connectivity index (χ0) is 14.8. The van der Waals surface area contributed by atoms with E-state index in [1.54, 1.807) is 24.3 Å². The van der Waals surface area contributed by atoms with Crippen LogP contribution in [0.25, 0.3) is 0 Å². The molecule has 1 aromatic rings. The second kappa shape index (κ2) is 8.96. The lowest BCUT2D eigenvalue weighted by molar-refractivity contribution is -0.116. The molecule has 0 heterocycles. The lowest BCUT2D eigenvalue weighted by Gasteiger charge is -2.07. The molecule has 0 aromatic heterocycles. The van der Waals surface area contributed by atoms with Gasteiger partial charge in [-0.1, -0.05) is 49.9 Å². The summed E-state index contributed by atoms with van der Waals surface area (Å²) in [7, 11) is 0. The molecule has 0 bridgehead atoms. The zero-order valence-electron chi connectivity index (χ0n) is 11.9. The van der Waals surface area contributed by atoms with Crippen molar-refractivity contribution in [1.82, 2.24) is 0 Å². The van der Waals surface area contributed by atoms with Gasteiger partial charge in [0.1, 0.15) is 0 Å². The van der Waals surface area contributed by atoms with Gasteiger partial charge in [0, 0.05) is 17.7 Å². The molecular weight excluding hydrogens is 254 g/mol. The van der Waals surface area contributed by atoms with Crippen LogP contribution < -0.4 is 11.1 Å². The van der Waals surface area contributed by atoms with Gasteiger partial charge < -0.3 is 16.3 Å².